The fourth-order valence-electron chi connectivity index (χ4n) is 2.97. The molecule has 3 aromatic rings. The molecule has 0 saturated heterocycles. The molecular weight excluding hydrogens is 452 g/mol. The van der Waals surface area contributed by atoms with Gasteiger partial charge in [-0.15, -0.1) is 10.2 Å². The van der Waals surface area contributed by atoms with Crippen LogP contribution in [0.25, 0.3) is 0 Å². The number of anilines is 1. The van der Waals surface area contributed by atoms with E-state index >= 15 is 0 Å². The molecule has 1 aromatic heterocycles. The standard InChI is InChI=1S/C21H24N4O3S3/c1-3-25(4-2)31(27,28)17-12-9-16(10-13-17)11-14-20(26)23-18-7-5-6-8-19(18)30-21-24-22-15-29-21/h5-10,12-13,15H,3-4,11,14H2,1-2H3,(H,23,26). The minimum absolute atomic E-state index is 0.106. The van der Waals surface area contributed by atoms with Gasteiger partial charge in [-0.25, -0.2) is 8.42 Å². The number of hydrogen-bond acceptors (Lipinski definition) is 7. The van der Waals surface area contributed by atoms with Crippen molar-refractivity contribution in [3.05, 3.63) is 59.6 Å². The third kappa shape index (κ3) is 6.13. The van der Waals surface area contributed by atoms with Gasteiger partial charge in [0.15, 0.2) is 4.34 Å². The molecule has 0 aliphatic carbocycles. The maximum Gasteiger partial charge on any atom is 0.243 e. The van der Waals surface area contributed by atoms with E-state index < -0.39 is 10.0 Å². The molecule has 0 aliphatic rings. The van der Waals surface area contributed by atoms with Crippen molar-refractivity contribution in [2.24, 2.45) is 0 Å². The van der Waals surface area contributed by atoms with Crippen molar-refractivity contribution in [2.75, 3.05) is 18.4 Å². The Labute approximate surface area is 191 Å². The number of nitrogens with one attached hydrogen (secondary N) is 1. The monoisotopic (exact) mass is 476 g/mol. The zero-order valence-corrected chi connectivity index (χ0v) is 19.8. The van der Waals surface area contributed by atoms with E-state index in [4.69, 9.17) is 0 Å². The van der Waals surface area contributed by atoms with Crippen LogP contribution in [0.3, 0.4) is 0 Å². The topological polar surface area (TPSA) is 92.3 Å². The van der Waals surface area contributed by atoms with Crippen molar-refractivity contribution >= 4 is 44.7 Å². The Morgan fingerprint density at radius 2 is 1.81 bits per heavy atom. The molecule has 0 atom stereocenters. The average Bonchev–Trinajstić information content (AvgIpc) is 3.28. The summed E-state index contributed by atoms with van der Waals surface area (Å²) < 4.78 is 27.4. The molecule has 1 amide bonds. The van der Waals surface area contributed by atoms with E-state index in [0.29, 0.717) is 25.9 Å². The fourth-order valence-corrected chi connectivity index (χ4v) is 5.95. The summed E-state index contributed by atoms with van der Waals surface area (Å²) in [7, 11) is -3.47. The molecule has 0 radical (unpaired) electrons. The highest BCUT2D eigenvalue weighted by molar-refractivity contribution is 8.01. The first-order valence-corrected chi connectivity index (χ1v) is 13.0. The number of hydrogen-bond donors (Lipinski definition) is 1. The molecule has 2 aromatic carbocycles. The van der Waals surface area contributed by atoms with Gasteiger partial charge in [0.25, 0.3) is 0 Å². The number of carbonyl (C=O) groups is 1. The summed E-state index contributed by atoms with van der Waals surface area (Å²) in [6.07, 6.45) is 0.809. The summed E-state index contributed by atoms with van der Waals surface area (Å²) in [6.45, 7) is 4.50. The third-order valence-electron chi connectivity index (χ3n) is 4.61. The molecule has 0 aliphatic heterocycles. The van der Waals surface area contributed by atoms with Gasteiger partial charge < -0.3 is 5.32 Å². The van der Waals surface area contributed by atoms with Crippen molar-refractivity contribution in [2.45, 2.75) is 40.8 Å². The number of para-hydroxylation sites is 1. The molecule has 0 saturated carbocycles. The molecule has 0 bridgehead atoms. The van der Waals surface area contributed by atoms with E-state index in [1.807, 2.05) is 38.1 Å². The van der Waals surface area contributed by atoms with Crippen LogP contribution in [-0.4, -0.2) is 41.9 Å². The van der Waals surface area contributed by atoms with Crippen LogP contribution in [0.4, 0.5) is 5.69 Å². The van der Waals surface area contributed by atoms with Gasteiger partial charge in [-0.1, -0.05) is 61.2 Å². The van der Waals surface area contributed by atoms with Crippen molar-refractivity contribution in [3.8, 4) is 0 Å². The normalized spacial score (nSPS) is 11.6. The molecule has 0 unspecified atom stereocenters. The van der Waals surface area contributed by atoms with Gasteiger partial charge >= 0.3 is 0 Å². The molecule has 0 spiro atoms. The Kier molecular flexibility index (Phi) is 8.19. The number of amides is 1. The molecule has 10 heteroatoms. The summed E-state index contributed by atoms with van der Waals surface area (Å²) in [4.78, 5) is 13.7. The highest BCUT2D eigenvalue weighted by Crippen LogP contribution is 2.34. The van der Waals surface area contributed by atoms with Crippen molar-refractivity contribution in [3.63, 3.8) is 0 Å². The van der Waals surface area contributed by atoms with E-state index in [2.05, 4.69) is 15.5 Å². The van der Waals surface area contributed by atoms with Gasteiger partial charge in [0.05, 0.1) is 10.6 Å². The summed E-state index contributed by atoms with van der Waals surface area (Å²) in [5.74, 6) is -0.106. The summed E-state index contributed by atoms with van der Waals surface area (Å²) >= 11 is 2.90. The number of nitrogens with zero attached hydrogens (tertiary/aromatic N) is 3. The molecule has 1 heterocycles. The van der Waals surface area contributed by atoms with Gasteiger partial charge in [0.1, 0.15) is 5.51 Å². The molecule has 3 rings (SSSR count). The van der Waals surface area contributed by atoms with E-state index in [-0.39, 0.29) is 10.8 Å². The van der Waals surface area contributed by atoms with E-state index in [0.717, 1.165) is 20.5 Å². The van der Waals surface area contributed by atoms with Crippen LogP contribution in [0, 0.1) is 0 Å². The first-order chi connectivity index (χ1) is 14.9. The molecule has 164 valence electrons. The Morgan fingerprint density at radius 1 is 1.10 bits per heavy atom. The minimum atomic E-state index is -3.47. The Morgan fingerprint density at radius 3 is 2.45 bits per heavy atom. The second-order valence-electron chi connectivity index (χ2n) is 6.58. The first kappa shape index (κ1) is 23.4. The predicted molar refractivity (Wildman–Crippen MR) is 124 cm³/mol. The molecule has 31 heavy (non-hydrogen) atoms. The minimum Gasteiger partial charge on any atom is -0.325 e. The van der Waals surface area contributed by atoms with Gasteiger partial charge in [0.2, 0.25) is 15.9 Å². The highest BCUT2D eigenvalue weighted by Gasteiger charge is 2.21. The number of carbonyl (C=O) groups excluding carboxylic acids is 1. The molecular formula is C21H24N4O3S3. The SMILES string of the molecule is CCN(CC)S(=O)(=O)c1ccc(CCC(=O)Nc2ccccc2Sc2nncs2)cc1. The Balaban J connectivity index is 1.59. The van der Waals surface area contributed by atoms with Crippen LogP contribution in [0.1, 0.15) is 25.8 Å². The Bertz CT molecular complexity index is 1100. The zero-order valence-electron chi connectivity index (χ0n) is 17.3. The van der Waals surface area contributed by atoms with Gasteiger partial charge in [-0.3, -0.25) is 4.79 Å². The van der Waals surface area contributed by atoms with E-state index in [1.54, 1.807) is 29.8 Å². The fraction of sp³-hybridized carbons (Fsp3) is 0.286. The van der Waals surface area contributed by atoms with Gasteiger partial charge in [-0.2, -0.15) is 4.31 Å². The van der Waals surface area contributed by atoms with Crippen LogP contribution >= 0.6 is 23.1 Å². The molecule has 7 nitrogen and oxygen atoms in total. The van der Waals surface area contributed by atoms with E-state index in [1.165, 1.54) is 27.4 Å². The summed E-state index contributed by atoms with van der Waals surface area (Å²) in [5.41, 5.74) is 3.31. The second kappa shape index (κ2) is 10.9. The van der Waals surface area contributed by atoms with Crippen LogP contribution in [0.2, 0.25) is 0 Å². The first-order valence-electron chi connectivity index (χ1n) is 9.86. The second-order valence-corrected chi connectivity index (χ2v) is 10.6. The third-order valence-corrected chi connectivity index (χ3v) is 8.52. The van der Waals surface area contributed by atoms with Crippen LogP contribution in [0.5, 0.6) is 0 Å². The summed E-state index contributed by atoms with van der Waals surface area (Å²) in [6, 6.07) is 14.3. The maximum atomic E-state index is 12.6. The lowest BCUT2D eigenvalue weighted by Gasteiger charge is -2.18. The largest absolute Gasteiger partial charge is 0.325 e. The van der Waals surface area contributed by atoms with Crippen molar-refractivity contribution in [1.82, 2.24) is 14.5 Å². The number of sulfonamides is 1. The quantitative estimate of drug-likeness (QED) is 0.469. The van der Waals surface area contributed by atoms with Crippen molar-refractivity contribution < 1.29 is 13.2 Å². The predicted octanol–water partition coefficient (Wildman–Crippen LogP) is 4.29. The van der Waals surface area contributed by atoms with Gasteiger partial charge in [-0.05, 0) is 36.2 Å². The highest BCUT2D eigenvalue weighted by atomic mass is 32.2. The lowest BCUT2D eigenvalue weighted by atomic mass is 10.1. The van der Waals surface area contributed by atoms with E-state index in [9.17, 15) is 13.2 Å². The average molecular weight is 477 g/mol. The molecule has 0 fully saturated rings. The van der Waals surface area contributed by atoms with Crippen LogP contribution < -0.4 is 5.32 Å². The van der Waals surface area contributed by atoms with Crippen molar-refractivity contribution in [1.29, 1.82) is 0 Å². The Hall–Kier alpha value is -2.27. The van der Waals surface area contributed by atoms with Crippen LogP contribution in [-0.2, 0) is 21.2 Å². The van der Waals surface area contributed by atoms with Gasteiger partial charge in [0, 0.05) is 24.4 Å². The number of aryl methyl sites for hydroxylation is 1. The van der Waals surface area contributed by atoms with Crippen LogP contribution in [0.15, 0.2) is 68.2 Å². The zero-order chi connectivity index (χ0) is 22.3. The maximum absolute atomic E-state index is 12.6. The smallest absolute Gasteiger partial charge is 0.243 e. The lowest BCUT2D eigenvalue weighted by molar-refractivity contribution is -0.116. The number of aromatic nitrogens is 2. The molecule has 1 N–H and O–H groups in total. The number of benzene rings is 2. The lowest BCUT2D eigenvalue weighted by Crippen LogP contribution is -2.30. The summed E-state index contributed by atoms with van der Waals surface area (Å²) in [5, 5.41) is 10.8. The number of rotatable bonds is 10.